The zero-order valence-corrected chi connectivity index (χ0v) is 13.4. The molecule has 1 unspecified atom stereocenters. The summed E-state index contributed by atoms with van der Waals surface area (Å²) in [5.41, 5.74) is 2.46. The average molecular weight is 342 g/mol. The number of amides is 1. The quantitative estimate of drug-likeness (QED) is 0.475. The molecular formula is C18H18N2O5. The lowest BCUT2D eigenvalue weighted by atomic mass is 10.0. The van der Waals surface area contributed by atoms with Crippen LogP contribution < -0.4 is 15.5 Å². The van der Waals surface area contributed by atoms with Gasteiger partial charge in [0.05, 0.1) is 16.9 Å². The number of carbonyl (C=O) groups is 2. The van der Waals surface area contributed by atoms with Gasteiger partial charge in [-0.05, 0) is 55.2 Å². The molecule has 25 heavy (non-hydrogen) atoms. The summed E-state index contributed by atoms with van der Waals surface area (Å²) in [6.07, 6.45) is 2.17. The number of benzene rings is 2. The third-order valence-corrected chi connectivity index (χ3v) is 4.16. The molecule has 0 fully saturated rings. The predicted octanol–water partition coefficient (Wildman–Crippen LogP) is 2.99. The van der Waals surface area contributed by atoms with Gasteiger partial charge in [-0.2, -0.15) is 0 Å². The maximum atomic E-state index is 12.2. The highest BCUT2D eigenvalue weighted by atomic mass is 17.1. The van der Waals surface area contributed by atoms with Crippen molar-refractivity contribution >= 4 is 23.3 Å². The Bertz CT molecular complexity index is 789. The highest BCUT2D eigenvalue weighted by Gasteiger charge is 2.25. The van der Waals surface area contributed by atoms with Crippen LogP contribution in [-0.4, -0.2) is 28.3 Å². The van der Waals surface area contributed by atoms with E-state index in [4.69, 9.17) is 10.4 Å². The standard InChI is InChI=1S/C18H18N2O5/c21-17-15(3-1-2-11-4-7-13(25-24)8-5-11)19-16-10-12(18(22)23)6-9-14(16)20-17/h4-10,15,19,24H,1-3H2,(H,20,21)(H,22,23). The van der Waals surface area contributed by atoms with E-state index in [1.54, 1.807) is 18.2 Å². The van der Waals surface area contributed by atoms with Crippen LogP contribution in [0.25, 0.3) is 0 Å². The van der Waals surface area contributed by atoms with E-state index in [0.29, 0.717) is 23.5 Å². The number of carboxylic acids is 1. The number of aromatic carboxylic acids is 1. The molecule has 2 aromatic rings. The molecule has 0 saturated carbocycles. The molecule has 2 aromatic carbocycles. The highest BCUT2D eigenvalue weighted by molar-refractivity contribution is 6.04. The van der Waals surface area contributed by atoms with Gasteiger partial charge in [0.25, 0.3) is 0 Å². The summed E-state index contributed by atoms with van der Waals surface area (Å²) in [4.78, 5) is 27.4. The first-order valence-electron chi connectivity index (χ1n) is 7.92. The van der Waals surface area contributed by atoms with Crippen molar-refractivity contribution in [2.75, 3.05) is 10.6 Å². The summed E-state index contributed by atoms with van der Waals surface area (Å²) >= 11 is 0. The van der Waals surface area contributed by atoms with Gasteiger partial charge >= 0.3 is 5.97 Å². The van der Waals surface area contributed by atoms with Gasteiger partial charge in [0, 0.05) is 0 Å². The van der Waals surface area contributed by atoms with Crippen LogP contribution in [0.5, 0.6) is 5.75 Å². The Balaban J connectivity index is 1.60. The van der Waals surface area contributed by atoms with Crippen LogP contribution in [0, 0.1) is 0 Å². The molecule has 0 radical (unpaired) electrons. The van der Waals surface area contributed by atoms with Gasteiger partial charge in [0.15, 0.2) is 5.75 Å². The molecule has 1 heterocycles. The fraction of sp³-hybridized carbons (Fsp3) is 0.222. The van der Waals surface area contributed by atoms with E-state index < -0.39 is 12.0 Å². The fourth-order valence-electron chi connectivity index (χ4n) is 2.81. The second-order valence-electron chi connectivity index (χ2n) is 5.88. The highest BCUT2D eigenvalue weighted by Crippen LogP contribution is 2.29. The third kappa shape index (κ3) is 3.89. The number of aryl methyl sites for hydroxylation is 1. The Hall–Kier alpha value is -3.06. The molecule has 1 aliphatic rings. The van der Waals surface area contributed by atoms with Crippen molar-refractivity contribution < 1.29 is 24.8 Å². The molecule has 1 amide bonds. The molecule has 0 aromatic heterocycles. The molecule has 7 nitrogen and oxygen atoms in total. The summed E-state index contributed by atoms with van der Waals surface area (Å²) in [5.74, 6) is -0.754. The minimum Gasteiger partial charge on any atom is -0.478 e. The molecule has 1 atom stereocenters. The molecular weight excluding hydrogens is 324 g/mol. The smallest absolute Gasteiger partial charge is 0.335 e. The van der Waals surface area contributed by atoms with Gasteiger partial charge in [-0.25, -0.2) is 10.1 Å². The van der Waals surface area contributed by atoms with Crippen LogP contribution in [-0.2, 0) is 11.2 Å². The summed E-state index contributed by atoms with van der Waals surface area (Å²) in [7, 11) is 0. The van der Waals surface area contributed by atoms with E-state index in [9.17, 15) is 9.59 Å². The second-order valence-corrected chi connectivity index (χ2v) is 5.88. The summed E-state index contributed by atoms with van der Waals surface area (Å²) < 4.78 is 0. The predicted molar refractivity (Wildman–Crippen MR) is 92.1 cm³/mol. The maximum absolute atomic E-state index is 12.2. The first-order chi connectivity index (χ1) is 12.1. The van der Waals surface area contributed by atoms with Crippen LogP contribution >= 0.6 is 0 Å². The molecule has 1 aliphatic heterocycles. The van der Waals surface area contributed by atoms with Crippen molar-refractivity contribution in [2.24, 2.45) is 0 Å². The van der Waals surface area contributed by atoms with E-state index >= 15 is 0 Å². The number of hydrogen-bond donors (Lipinski definition) is 4. The van der Waals surface area contributed by atoms with Crippen molar-refractivity contribution in [1.29, 1.82) is 0 Å². The summed E-state index contributed by atoms with van der Waals surface area (Å²) in [5, 5.41) is 23.5. The van der Waals surface area contributed by atoms with E-state index in [1.165, 1.54) is 12.1 Å². The Morgan fingerprint density at radius 1 is 1.12 bits per heavy atom. The minimum atomic E-state index is -1.01. The summed E-state index contributed by atoms with van der Waals surface area (Å²) in [6, 6.07) is 11.2. The first-order valence-corrected chi connectivity index (χ1v) is 7.92. The van der Waals surface area contributed by atoms with Gasteiger partial charge < -0.3 is 20.6 Å². The van der Waals surface area contributed by atoms with Gasteiger partial charge in [0.2, 0.25) is 5.91 Å². The maximum Gasteiger partial charge on any atom is 0.335 e. The first kappa shape index (κ1) is 16.8. The van der Waals surface area contributed by atoms with E-state index in [1.807, 2.05) is 12.1 Å². The molecule has 0 saturated heterocycles. The lowest BCUT2D eigenvalue weighted by molar-refractivity contribution is -0.137. The second kappa shape index (κ2) is 7.23. The molecule has 3 rings (SSSR count). The fourth-order valence-corrected chi connectivity index (χ4v) is 2.81. The van der Waals surface area contributed by atoms with E-state index in [0.717, 1.165) is 18.4 Å². The normalized spacial score (nSPS) is 15.7. The Labute approximate surface area is 144 Å². The molecule has 0 bridgehead atoms. The van der Waals surface area contributed by atoms with Crippen LogP contribution in [0.4, 0.5) is 11.4 Å². The Morgan fingerprint density at radius 2 is 1.88 bits per heavy atom. The number of rotatable bonds is 6. The zero-order valence-electron chi connectivity index (χ0n) is 13.4. The molecule has 0 spiro atoms. The molecule has 4 N–H and O–H groups in total. The third-order valence-electron chi connectivity index (χ3n) is 4.16. The van der Waals surface area contributed by atoms with Crippen molar-refractivity contribution in [3.8, 4) is 5.75 Å². The number of carbonyl (C=O) groups excluding carboxylic acids is 1. The van der Waals surface area contributed by atoms with Crippen molar-refractivity contribution in [3.63, 3.8) is 0 Å². The summed E-state index contributed by atoms with van der Waals surface area (Å²) in [6.45, 7) is 0. The SMILES string of the molecule is O=C(O)c1ccc2c(c1)NC(CCCc1ccc(OO)cc1)C(=O)N2. The van der Waals surface area contributed by atoms with Gasteiger partial charge in [0.1, 0.15) is 6.04 Å². The Morgan fingerprint density at radius 3 is 2.56 bits per heavy atom. The number of carboxylic acid groups (broad SMARTS) is 1. The minimum absolute atomic E-state index is 0.125. The number of fused-ring (bicyclic) bond motifs is 1. The van der Waals surface area contributed by atoms with Gasteiger partial charge in [-0.15, -0.1) is 0 Å². The van der Waals surface area contributed by atoms with Crippen LogP contribution in [0.2, 0.25) is 0 Å². The van der Waals surface area contributed by atoms with Gasteiger partial charge in [-0.3, -0.25) is 4.79 Å². The van der Waals surface area contributed by atoms with E-state index in [2.05, 4.69) is 15.5 Å². The van der Waals surface area contributed by atoms with Crippen LogP contribution in [0.1, 0.15) is 28.8 Å². The van der Waals surface area contributed by atoms with Gasteiger partial charge in [-0.1, -0.05) is 12.1 Å². The number of hydrogen-bond acceptors (Lipinski definition) is 5. The van der Waals surface area contributed by atoms with Crippen LogP contribution in [0.15, 0.2) is 42.5 Å². The van der Waals surface area contributed by atoms with E-state index in [-0.39, 0.29) is 11.5 Å². The average Bonchev–Trinajstić information content (AvgIpc) is 2.62. The van der Waals surface area contributed by atoms with Crippen LogP contribution in [0.3, 0.4) is 0 Å². The Kier molecular flexibility index (Phi) is 4.85. The number of nitrogens with one attached hydrogen (secondary N) is 2. The van der Waals surface area contributed by atoms with Crippen molar-refractivity contribution in [1.82, 2.24) is 0 Å². The zero-order chi connectivity index (χ0) is 17.8. The molecule has 7 heteroatoms. The van der Waals surface area contributed by atoms with Crippen molar-refractivity contribution in [3.05, 3.63) is 53.6 Å². The lowest BCUT2D eigenvalue weighted by Gasteiger charge is -2.27. The molecule has 0 aliphatic carbocycles. The monoisotopic (exact) mass is 342 g/mol. The lowest BCUT2D eigenvalue weighted by Crippen LogP contribution is -2.38. The molecule has 130 valence electrons. The van der Waals surface area contributed by atoms with Crippen molar-refractivity contribution in [2.45, 2.75) is 25.3 Å². The largest absolute Gasteiger partial charge is 0.478 e. The number of anilines is 2. The topological polar surface area (TPSA) is 108 Å².